The first-order chi connectivity index (χ1) is 10.7. The molecule has 22 heavy (non-hydrogen) atoms. The average molecular weight is 292 g/mol. The molecule has 2 aromatic carbocycles. The van der Waals surface area contributed by atoms with Gasteiger partial charge in [0.1, 0.15) is 6.07 Å². The monoisotopic (exact) mass is 292 g/mol. The maximum Gasteiger partial charge on any atom is 0.319 e. The highest BCUT2D eigenvalue weighted by Gasteiger charge is 2.23. The van der Waals surface area contributed by atoms with Crippen molar-refractivity contribution in [2.75, 3.05) is 10.6 Å². The molecule has 0 heterocycles. The number of nitrogens with zero attached hydrogens (tertiary/aromatic N) is 1. The van der Waals surface area contributed by atoms with E-state index >= 15 is 0 Å². The van der Waals surface area contributed by atoms with Crippen LogP contribution in [0.25, 0.3) is 0 Å². The third kappa shape index (κ3) is 3.55. The number of hydrogen-bond acceptors (Lipinski definition) is 3. The van der Waals surface area contributed by atoms with Gasteiger partial charge >= 0.3 is 6.03 Å². The van der Waals surface area contributed by atoms with Crippen molar-refractivity contribution in [3.05, 3.63) is 54.1 Å². The molecule has 5 heteroatoms. The Bertz CT molecular complexity index is 714. The normalized spacial score (nSPS) is 13.0. The van der Waals surface area contributed by atoms with Crippen LogP contribution in [-0.2, 0) is 0 Å². The van der Waals surface area contributed by atoms with E-state index in [0.29, 0.717) is 11.6 Å². The number of para-hydroxylation sites is 1. The van der Waals surface area contributed by atoms with E-state index in [1.807, 2.05) is 42.5 Å². The summed E-state index contributed by atoms with van der Waals surface area (Å²) in [4.78, 5) is 11.6. The standard InChI is InChI=1S/C17H16N4O/c18-11-12-3-1-2-4-16(12)19-13-5-7-14(8-6-13)20-17(22)21-15-9-10-15/h1-8,15,19H,9-10H2,(H2,20,21,22). The minimum Gasteiger partial charge on any atom is -0.354 e. The first-order valence-electron chi connectivity index (χ1n) is 7.18. The van der Waals surface area contributed by atoms with Gasteiger partial charge in [0.05, 0.1) is 11.3 Å². The van der Waals surface area contributed by atoms with Crippen LogP contribution in [0, 0.1) is 11.3 Å². The maximum atomic E-state index is 11.6. The van der Waals surface area contributed by atoms with Crippen molar-refractivity contribution in [2.24, 2.45) is 0 Å². The van der Waals surface area contributed by atoms with Crippen molar-refractivity contribution in [1.82, 2.24) is 5.32 Å². The van der Waals surface area contributed by atoms with Crippen LogP contribution in [0.15, 0.2) is 48.5 Å². The summed E-state index contributed by atoms with van der Waals surface area (Å²) in [5.74, 6) is 0. The van der Waals surface area contributed by atoms with Crippen molar-refractivity contribution in [3.63, 3.8) is 0 Å². The highest BCUT2D eigenvalue weighted by atomic mass is 16.2. The van der Waals surface area contributed by atoms with Gasteiger partial charge in [-0.1, -0.05) is 12.1 Å². The Morgan fingerprint density at radius 2 is 1.73 bits per heavy atom. The highest BCUT2D eigenvalue weighted by molar-refractivity contribution is 5.89. The quantitative estimate of drug-likeness (QED) is 0.806. The summed E-state index contributed by atoms with van der Waals surface area (Å²) >= 11 is 0. The van der Waals surface area contributed by atoms with Gasteiger partial charge in [0.25, 0.3) is 0 Å². The van der Waals surface area contributed by atoms with E-state index in [1.165, 1.54) is 0 Å². The van der Waals surface area contributed by atoms with Gasteiger partial charge in [0.2, 0.25) is 0 Å². The fourth-order valence-electron chi connectivity index (χ4n) is 2.06. The molecule has 5 nitrogen and oxygen atoms in total. The predicted octanol–water partition coefficient (Wildman–Crippen LogP) is 3.59. The highest BCUT2D eigenvalue weighted by Crippen LogP contribution is 2.22. The molecule has 0 saturated heterocycles. The van der Waals surface area contributed by atoms with Crippen molar-refractivity contribution >= 4 is 23.1 Å². The van der Waals surface area contributed by atoms with E-state index in [-0.39, 0.29) is 6.03 Å². The fourth-order valence-corrected chi connectivity index (χ4v) is 2.06. The van der Waals surface area contributed by atoms with Crippen molar-refractivity contribution in [2.45, 2.75) is 18.9 Å². The lowest BCUT2D eigenvalue weighted by Crippen LogP contribution is -2.30. The molecule has 1 fully saturated rings. The van der Waals surface area contributed by atoms with Gasteiger partial charge in [-0.2, -0.15) is 5.26 Å². The van der Waals surface area contributed by atoms with Crippen LogP contribution >= 0.6 is 0 Å². The minimum atomic E-state index is -0.168. The molecule has 0 aromatic heterocycles. The van der Waals surface area contributed by atoms with Crippen molar-refractivity contribution in [3.8, 4) is 6.07 Å². The van der Waals surface area contributed by atoms with Gasteiger partial charge in [-0.3, -0.25) is 0 Å². The number of carbonyl (C=O) groups is 1. The molecule has 2 aromatic rings. The second kappa shape index (κ2) is 6.19. The van der Waals surface area contributed by atoms with Crippen molar-refractivity contribution in [1.29, 1.82) is 5.26 Å². The van der Waals surface area contributed by atoms with Crippen molar-refractivity contribution < 1.29 is 4.79 Å². The van der Waals surface area contributed by atoms with Crippen LogP contribution < -0.4 is 16.0 Å². The molecule has 1 saturated carbocycles. The zero-order valence-corrected chi connectivity index (χ0v) is 12.0. The Hall–Kier alpha value is -3.00. The lowest BCUT2D eigenvalue weighted by atomic mass is 10.2. The molecular formula is C17H16N4O. The zero-order valence-electron chi connectivity index (χ0n) is 12.0. The summed E-state index contributed by atoms with van der Waals surface area (Å²) in [7, 11) is 0. The molecule has 110 valence electrons. The Kier molecular flexibility index (Phi) is 3.92. The zero-order chi connectivity index (χ0) is 15.4. The maximum absolute atomic E-state index is 11.6. The van der Waals surface area contributed by atoms with Crippen LogP contribution in [0.2, 0.25) is 0 Å². The molecule has 0 atom stereocenters. The number of anilines is 3. The molecule has 3 rings (SSSR count). The fraction of sp³-hybridized carbons (Fsp3) is 0.176. The topological polar surface area (TPSA) is 77.0 Å². The Morgan fingerprint density at radius 3 is 2.41 bits per heavy atom. The van der Waals surface area contributed by atoms with Gasteiger partial charge in [0.15, 0.2) is 0 Å². The largest absolute Gasteiger partial charge is 0.354 e. The molecule has 0 radical (unpaired) electrons. The summed E-state index contributed by atoms with van der Waals surface area (Å²) in [6, 6.07) is 17.0. The molecule has 1 aliphatic rings. The van der Waals surface area contributed by atoms with E-state index in [4.69, 9.17) is 5.26 Å². The third-order valence-electron chi connectivity index (χ3n) is 3.38. The second-order valence-electron chi connectivity index (χ2n) is 5.23. The van der Waals surface area contributed by atoms with Gasteiger partial charge < -0.3 is 16.0 Å². The lowest BCUT2D eigenvalue weighted by Gasteiger charge is -2.10. The molecule has 3 N–H and O–H groups in total. The van der Waals surface area contributed by atoms with Gasteiger partial charge in [-0.15, -0.1) is 0 Å². The number of nitrogens with one attached hydrogen (secondary N) is 3. The minimum absolute atomic E-state index is 0.168. The van der Waals surface area contributed by atoms with Gasteiger partial charge in [-0.25, -0.2) is 4.79 Å². The molecule has 0 aliphatic heterocycles. The Balaban J connectivity index is 1.63. The van der Waals surface area contributed by atoms with Gasteiger partial charge in [-0.05, 0) is 49.2 Å². The van der Waals surface area contributed by atoms with Crippen LogP contribution in [0.4, 0.5) is 21.9 Å². The summed E-state index contributed by atoms with van der Waals surface area (Å²) in [5, 5.41) is 17.9. The van der Waals surface area contributed by atoms with Crippen LogP contribution in [0.5, 0.6) is 0 Å². The molecule has 1 aliphatic carbocycles. The Labute approximate surface area is 129 Å². The summed E-state index contributed by atoms with van der Waals surface area (Å²) in [6.45, 7) is 0. The molecule has 0 unspecified atom stereocenters. The Morgan fingerprint density at radius 1 is 1.05 bits per heavy atom. The number of rotatable bonds is 4. The van der Waals surface area contributed by atoms with Crippen LogP contribution in [0.3, 0.4) is 0 Å². The number of nitriles is 1. The van der Waals surface area contributed by atoms with Crippen LogP contribution in [0.1, 0.15) is 18.4 Å². The smallest absolute Gasteiger partial charge is 0.319 e. The summed E-state index contributed by atoms with van der Waals surface area (Å²) in [5.41, 5.74) is 2.94. The average Bonchev–Trinajstić information content (AvgIpc) is 3.33. The lowest BCUT2D eigenvalue weighted by molar-refractivity contribution is 0.251. The molecule has 2 amide bonds. The predicted molar refractivity (Wildman–Crippen MR) is 86.1 cm³/mol. The first kappa shape index (κ1) is 14.0. The van der Waals surface area contributed by atoms with E-state index in [9.17, 15) is 4.79 Å². The first-order valence-corrected chi connectivity index (χ1v) is 7.18. The van der Waals surface area contributed by atoms with E-state index in [1.54, 1.807) is 6.07 Å². The molecule has 0 bridgehead atoms. The molecular weight excluding hydrogens is 276 g/mol. The number of urea groups is 1. The van der Waals surface area contributed by atoms with Gasteiger partial charge in [0, 0.05) is 17.4 Å². The van der Waals surface area contributed by atoms with E-state index < -0.39 is 0 Å². The van der Waals surface area contributed by atoms with Crippen LogP contribution in [-0.4, -0.2) is 12.1 Å². The van der Waals surface area contributed by atoms with E-state index in [2.05, 4.69) is 22.0 Å². The molecule has 0 spiro atoms. The third-order valence-corrected chi connectivity index (χ3v) is 3.38. The number of hydrogen-bond donors (Lipinski definition) is 3. The number of amides is 2. The second-order valence-corrected chi connectivity index (χ2v) is 5.23. The number of carbonyl (C=O) groups excluding carboxylic acids is 1. The number of benzene rings is 2. The summed E-state index contributed by atoms with van der Waals surface area (Å²) < 4.78 is 0. The van der Waals surface area contributed by atoms with E-state index in [0.717, 1.165) is 29.9 Å². The summed E-state index contributed by atoms with van der Waals surface area (Å²) in [6.07, 6.45) is 2.13. The SMILES string of the molecule is N#Cc1ccccc1Nc1ccc(NC(=O)NC2CC2)cc1.